The van der Waals surface area contributed by atoms with Crippen molar-refractivity contribution in [1.29, 1.82) is 0 Å². The van der Waals surface area contributed by atoms with Gasteiger partial charge in [0.15, 0.2) is 0 Å². The zero-order chi connectivity index (χ0) is 13.1. The van der Waals surface area contributed by atoms with Crippen LogP contribution in [0.1, 0.15) is 45.1 Å². The number of amides is 1. The number of halogens is 1. The van der Waals surface area contributed by atoms with E-state index >= 15 is 0 Å². The summed E-state index contributed by atoms with van der Waals surface area (Å²) in [5, 5.41) is 0. The van der Waals surface area contributed by atoms with E-state index in [0.717, 1.165) is 36.9 Å². The second-order valence-electron chi connectivity index (χ2n) is 5.03. The lowest BCUT2D eigenvalue weighted by atomic mass is 9.96. The van der Waals surface area contributed by atoms with Crippen LogP contribution in [0, 0.1) is 5.82 Å². The second kappa shape index (κ2) is 5.51. The standard InChI is InChI=1S/C15H20FNO/c1-3-4-5-15(18)17-11(2)6-7-12-10-13(16)8-9-14(12)17/h8-11H,3-7H2,1-2H3/t11-/m0/s1. The molecule has 1 heterocycles. The van der Waals surface area contributed by atoms with Crippen LogP contribution in [0.4, 0.5) is 10.1 Å². The third kappa shape index (κ3) is 2.55. The maximum Gasteiger partial charge on any atom is 0.227 e. The van der Waals surface area contributed by atoms with Crippen molar-refractivity contribution in [3.8, 4) is 0 Å². The molecule has 1 aliphatic rings. The van der Waals surface area contributed by atoms with Gasteiger partial charge in [-0.05, 0) is 49.9 Å². The second-order valence-corrected chi connectivity index (χ2v) is 5.03. The molecule has 0 N–H and O–H groups in total. The van der Waals surface area contributed by atoms with Crippen LogP contribution in [0.25, 0.3) is 0 Å². The lowest BCUT2D eigenvalue weighted by Crippen LogP contribution is -2.42. The molecule has 0 spiro atoms. The summed E-state index contributed by atoms with van der Waals surface area (Å²) in [6.45, 7) is 4.15. The number of anilines is 1. The molecule has 1 amide bonds. The minimum atomic E-state index is -0.218. The first-order chi connectivity index (χ1) is 8.63. The molecular formula is C15H20FNO. The number of carbonyl (C=O) groups is 1. The summed E-state index contributed by atoms with van der Waals surface area (Å²) in [7, 11) is 0. The molecule has 1 aromatic carbocycles. The summed E-state index contributed by atoms with van der Waals surface area (Å²) in [5.41, 5.74) is 1.86. The van der Waals surface area contributed by atoms with E-state index in [1.165, 1.54) is 6.07 Å². The van der Waals surface area contributed by atoms with Gasteiger partial charge in [0.05, 0.1) is 0 Å². The zero-order valence-electron chi connectivity index (χ0n) is 11.1. The van der Waals surface area contributed by atoms with Crippen molar-refractivity contribution >= 4 is 11.6 Å². The number of benzene rings is 1. The highest BCUT2D eigenvalue weighted by atomic mass is 19.1. The fraction of sp³-hybridized carbons (Fsp3) is 0.533. The number of rotatable bonds is 3. The van der Waals surface area contributed by atoms with Gasteiger partial charge >= 0.3 is 0 Å². The minimum absolute atomic E-state index is 0.164. The summed E-state index contributed by atoms with van der Waals surface area (Å²) in [4.78, 5) is 14.1. The molecule has 1 aliphatic heterocycles. The molecule has 0 aromatic heterocycles. The van der Waals surface area contributed by atoms with E-state index < -0.39 is 0 Å². The summed E-state index contributed by atoms with van der Waals surface area (Å²) in [6.07, 6.45) is 4.28. The van der Waals surface area contributed by atoms with Crippen LogP contribution in [0.5, 0.6) is 0 Å². The molecule has 2 rings (SSSR count). The van der Waals surface area contributed by atoms with Crippen molar-refractivity contribution in [3.63, 3.8) is 0 Å². The van der Waals surface area contributed by atoms with Gasteiger partial charge in [0.25, 0.3) is 0 Å². The predicted octanol–water partition coefficient (Wildman–Crippen LogP) is 3.68. The number of unbranched alkanes of at least 4 members (excludes halogenated alkanes) is 1. The summed E-state index contributed by atoms with van der Waals surface area (Å²) < 4.78 is 13.2. The number of carbonyl (C=O) groups excluding carboxylic acids is 1. The van der Waals surface area contributed by atoms with Gasteiger partial charge in [-0.25, -0.2) is 4.39 Å². The Balaban J connectivity index is 2.27. The van der Waals surface area contributed by atoms with Gasteiger partial charge in [0.1, 0.15) is 5.82 Å². The van der Waals surface area contributed by atoms with Gasteiger partial charge in [-0.1, -0.05) is 13.3 Å². The average Bonchev–Trinajstić information content (AvgIpc) is 2.36. The molecule has 0 saturated carbocycles. The molecule has 18 heavy (non-hydrogen) atoms. The Morgan fingerprint density at radius 3 is 3.00 bits per heavy atom. The van der Waals surface area contributed by atoms with Crippen molar-refractivity contribution in [2.45, 2.75) is 52.0 Å². The maximum atomic E-state index is 13.2. The topological polar surface area (TPSA) is 20.3 Å². The Bertz CT molecular complexity index is 444. The van der Waals surface area contributed by atoms with Crippen LogP contribution in [0.2, 0.25) is 0 Å². The fourth-order valence-electron chi connectivity index (χ4n) is 2.55. The molecule has 2 nitrogen and oxygen atoms in total. The van der Waals surface area contributed by atoms with E-state index in [1.54, 1.807) is 12.1 Å². The summed E-state index contributed by atoms with van der Waals surface area (Å²) in [6, 6.07) is 4.95. The quantitative estimate of drug-likeness (QED) is 0.800. The van der Waals surface area contributed by atoms with Gasteiger partial charge in [0.2, 0.25) is 5.91 Å². The molecule has 1 aromatic rings. The molecule has 0 aliphatic carbocycles. The van der Waals surface area contributed by atoms with Crippen molar-refractivity contribution < 1.29 is 9.18 Å². The normalized spacial score (nSPS) is 18.6. The largest absolute Gasteiger partial charge is 0.309 e. The highest BCUT2D eigenvalue weighted by molar-refractivity contribution is 5.95. The molecule has 0 unspecified atom stereocenters. The Hall–Kier alpha value is -1.38. The van der Waals surface area contributed by atoms with Gasteiger partial charge in [-0.15, -0.1) is 0 Å². The number of fused-ring (bicyclic) bond motifs is 1. The van der Waals surface area contributed by atoms with E-state index in [1.807, 2.05) is 4.90 Å². The predicted molar refractivity (Wildman–Crippen MR) is 71.2 cm³/mol. The van der Waals surface area contributed by atoms with E-state index in [0.29, 0.717) is 6.42 Å². The average molecular weight is 249 g/mol. The Labute approximate surface area is 108 Å². The third-order valence-corrected chi connectivity index (χ3v) is 3.59. The van der Waals surface area contributed by atoms with E-state index in [-0.39, 0.29) is 17.8 Å². The van der Waals surface area contributed by atoms with E-state index in [9.17, 15) is 9.18 Å². The molecule has 0 saturated heterocycles. The van der Waals surface area contributed by atoms with Crippen LogP contribution >= 0.6 is 0 Å². The number of nitrogens with zero attached hydrogens (tertiary/aromatic N) is 1. The van der Waals surface area contributed by atoms with Crippen LogP contribution in [-0.4, -0.2) is 11.9 Å². The van der Waals surface area contributed by atoms with Crippen LogP contribution < -0.4 is 4.90 Å². The summed E-state index contributed by atoms with van der Waals surface area (Å²) >= 11 is 0. The SMILES string of the molecule is CCCCC(=O)N1c2ccc(F)cc2CC[C@@H]1C. The highest BCUT2D eigenvalue weighted by Gasteiger charge is 2.27. The van der Waals surface area contributed by atoms with Crippen LogP contribution in [0.3, 0.4) is 0 Å². The number of hydrogen-bond donors (Lipinski definition) is 0. The van der Waals surface area contributed by atoms with Crippen LogP contribution in [0.15, 0.2) is 18.2 Å². The number of aryl methyl sites for hydroxylation is 1. The molecule has 0 radical (unpaired) electrons. The van der Waals surface area contributed by atoms with Crippen molar-refractivity contribution in [3.05, 3.63) is 29.6 Å². The molecule has 3 heteroatoms. The Morgan fingerprint density at radius 2 is 2.28 bits per heavy atom. The van der Waals surface area contributed by atoms with E-state index in [2.05, 4.69) is 13.8 Å². The maximum absolute atomic E-state index is 13.2. The monoisotopic (exact) mass is 249 g/mol. The van der Waals surface area contributed by atoms with Crippen molar-refractivity contribution in [2.75, 3.05) is 4.90 Å². The molecular weight excluding hydrogens is 229 g/mol. The fourth-order valence-corrected chi connectivity index (χ4v) is 2.55. The molecule has 0 bridgehead atoms. The van der Waals surface area contributed by atoms with Gasteiger partial charge in [-0.2, -0.15) is 0 Å². The van der Waals surface area contributed by atoms with Crippen molar-refractivity contribution in [1.82, 2.24) is 0 Å². The van der Waals surface area contributed by atoms with Gasteiger partial charge < -0.3 is 4.90 Å². The minimum Gasteiger partial charge on any atom is -0.309 e. The number of hydrogen-bond acceptors (Lipinski definition) is 1. The first kappa shape index (κ1) is 13.1. The van der Waals surface area contributed by atoms with Gasteiger partial charge in [-0.3, -0.25) is 4.79 Å². The lowest BCUT2D eigenvalue weighted by Gasteiger charge is -2.35. The highest BCUT2D eigenvalue weighted by Crippen LogP contribution is 2.31. The first-order valence-electron chi connectivity index (χ1n) is 6.74. The Morgan fingerprint density at radius 1 is 1.50 bits per heavy atom. The third-order valence-electron chi connectivity index (χ3n) is 3.59. The van der Waals surface area contributed by atoms with Gasteiger partial charge in [0, 0.05) is 18.2 Å². The lowest BCUT2D eigenvalue weighted by molar-refractivity contribution is -0.119. The van der Waals surface area contributed by atoms with Crippen LogP contribution in [-0.2, 0) is 11.2 Å². The zero-order valence-corrected chi connectivity index (χ0v) is 11.1. The molecule has 98 valence electrons. The summed E-state index contributed by atoms with van der Waals surface area (Å²) in [5.74, 6) is -0.0545. The van der Waals surface area contributed by atoms with E-state index in [4.69, 9.17) is 0 Å². The Kier molecular flexibility index (Phi) is 4.00. The first-order valence-corrected chi connectivity index (χ1v) is 6.74. The smallest absolute Gasteiger partial charge is 0.227 e. The van der Waals surface area contributed by atoms with Crippen molar-refractivity contribution in [2.24, 2.45) is 0 Å². The molecule has 1 atom stereocenters. The molecule has 0 fully saturated rings.